The van der Waals surface area contributed by atoms with E-state index >= 15 is 0 Å². The van der Waals surface area contributed by atoms with Gasteiger partial charge in [-0.2, -0.15) is 0 Å². The molecule has 2 atom stereocenters. The summed E-state index contributed by atoms with van der Waals surface area (Å²) in [6, 6.07) is 12.1. The van der Waals surface area contributed by atoms with Gasteiger partial charge in [-0.15, -0.1) is 0 Å². The molecule has 2 nitrogen and oxygen atoms in total. The second-order valence-electron chi connectivity index (χ2n) is 4.79. The number of hydrogen-bond acceptors (Lipinski definition) is 2. The van der Waals surface area contributed by atoms with Gasteiger partial charge in [-0.1, -0.05) is 37.3 Å². The molecule has 1 aliphatic rings. The largest absolute Gasteiger partial charge is 0.311 e. The van der Waals surface area contributed by atoms with E-state index in [2.05, 4.69) is 54.4 Å². The summed E-state index contributed by atoms with van der Waals surface area (Å²) in [5.41, 5.74) is 1.43. The lowest BCUT2D eigenvalue weighted by Gasteiger charge is -2.39. The van der Waals surface area contributed by atoms with Gasteiger partial charge in [0.1, 0.15) is 0 Å². The standard InChI is InChI=1S/C14H22N2/c1-3-14-9-15-12(2)10-16(14)11-13-7-5-4-6-8-13/h4-8,12,14-15H,3,9-11H2,1-2H3. The lowest BCUT2D eigenvalue weighted by molar-refractivity contribution is 0.124. The van der Waals surface area contributed by atoms with Crippen LogP contribution in [0.4, 0.5) is 0 Å². The van der Waals surface area contributed by atoms with E-state index in [1.54, 1.807) is 0 Å². The smallest absolute Gasteiger partial charge is 0.0237 e. The number of hydrogen-bond donors (Lipinski definition) is 1. The van der Waals surface area contributed by atoms with Gasteiger partial charge in [0.2, 0.25) is 0 Å². The quantitative estimate of drug-likeness (QED) is 0.837. The molecule has 0 bridgehead atoms. The summed E-state index contributed by atoms with van der Waals surface area (Å²) in [5.74, 6) is 0. The Kier molecular flexibility index (Phi) is 3.97. The van der Waals surface area contributed by atoms with Crippen LogP contribution in [0.5, 0.6) is 0 Å². The summed E-state index contributed by atoms with van der Waals surface area (Å²) in [5, 5.41) is 3.56. The fourth-order valence-electron chi connectivity index (χ4n) is 2.45. The van der Waals surface area contributed by atoms with Crippen LogP contribution in [0.2, 0.25) is 0 Å². The molecule has 88 valence electrons. The highest BCUT2D eigenvalue weighted by atomic mass is 15.2. The fourth-order valence-corrected chi connectivity index (χ4v) is 2.45. The van der Waals surface area contributed by atoms with Crippen LogP contribution in [0, 0.1) is 0 Å². The van der Waals surface area contributed by atoms with Crippen LogP contribution in [0.3, 0.4) is 0 Å². The Morgan fingerprint density at radius 1 is 1.31 bits per heavy atom. The zero-order chi connectivity index (χ0) is 11.4. The molecule has 0 aliphatic carbocycles. The Balaban J connectivity index is 2.01. The predicted octanol–water partition coefficient (Wildman–Crippen LogP) is 2.26. The monoisotopic (exact) mass is 218 g/mol. The van der Waals surface area contributed by atoms with Gasteiger partial charge in [-0.05, 0) is 18.9 Å². The average molecular weight is 218 g/mol. The molecule has 1 fully saturated rings. The van der Waals surface area contributed by atoms with Crippen LogP contribution < -0.4 is 5.32 Å². The van der Waals surface area contributed by atoms with Crippen molar-refractivity contribution in [2.45, 2.75) is 38.9 Å². The molecule has 1 aliphatic heterocycles. The van der Waals surface area contributed by atoms with Gasteiger partial charge >= 0.3 is 0 Å². The summed E-state index contributed by atoms with van der Waals surface area (Å²) in [6.07, 6.45) is 1.23. The molecule has 16 heavy (non-hydrogen) atoms. The van der Waals surface area contributed by atoms with Crippen LogP contribution in [-0.4, -0.2) is 30.1 Å². The second kappa shape index (κ2) is 5.46. The van der Waals surface area contributed by atoms with E-state index in [1.165, 1.54) is 12.0 Å². The first kappa shape index (κ1) is 11.6. The number of benzene rings is 1. The first-order chi connectivity index (χ1) is 7.79. The Morgan fingerprint density at radius 2 is 2.06 bits per heavy atom. The maximum Gasteiger partial charge on any atom is 0.0237 e. The third kappa shape index (κ3) is 2.83. The topological polar surface area (TPSA) is 15.3 Å². The van der Waals surface area contributed by atoms with Gasteiger partial charge in [0.15, 0.2) is 0 Å². The number of nitrogens with one attached hydrogen (secondary N) is 1. The molecular formula is C14H22N2. The molecule has 1 aromatic carbocycles. The van der Waals surface area contributed by atoms with E-state index in [4.69, 9.17) is 0 Å². The number of nitrogens with zero attached hydrogens (tertiary/aromatic N) is 1. The summed E-state index contributed by atoms with van der Waals surface area (Å²) < 4.78 is 0. The third-order valence-electron chi connectivity index (χ3n) is 3.43. The van der Waals surface area contributed by atoms with Gasteiger partial charge in [0, 0.05) is 31.7 Å². The van der Waals surface area contributed by atoms with Gasteiger partial charge in [-0.3, -0.25) is 4.90 Å². The van der Waals surface area contributed by atoms with Crippen LogP contribution in [0.15, 0.2) is 30.3 Å². The maximum absolute atomic E-state index is 3.56. The van der Waals surface area contributed by atoms with Crippen molar-refractivity contribution in [2.75, 3.05) is 13.1 Å². The Labute approximate surface area is 98.7 Å². The summed E-state index contributed by atoms with van der Waals surface area (Å²) >= 11 is 0. The predicted molar refractivity (Wildman–Crippen MR) is 68.4 cm³/mol. The van der Waals surface area contributed by atoms with E-state index in [0.29, 0.717) is 12.1 Å². The Bertz CT molecular complexity index is 310. The summed E-state index contributed by atoms with van der Waals surface area (Å²) in [7, 11) is 0. The van der Waals surface area contributed by atoms with Crippen molar-refractivity contribution < 1.29 is 0 Å². The molecular weight excluding hydrogens is 196 g/mol. The summed E-state index contributed by atoms with van der Waals surface area (Å²) in [6.45, 7) is 7.92. The van der Waals surface area contributed by atoms with Gasteiger partial charge in [0.05, 0.1) is 0 Å². The zero-order valence-electron chi connectivity index (χ0n) is 10.3. The van der Waals surface area contributed by atoms with Crippen LogP contribution in [0.25, 0.3) is 0 Å². The van der Waals surface area contributed by atoms with E-state index < -0.39 is 0 Å². The molecule has 1 saturated heterocycles. The first-order valence-electron chi connectivity index (χ1n) is 6.31. The fraction of sp³-hybridized carbons (Fsp3) is 0.571. The molecule has 0 aromatic heterocycles. The minimum atomic E-state index is 0.617. The third-order valence-corrected chi connectivity index (χ3v) is 3.43. The molecule has 1 aromatic rings. The summed E-state index contributed by atoms with van der Waals surface area (Å²) in [4.78, 5) is 2.61. The molecule has 2 rings (SSSR count). The molecule has 0 saturated carbocycles. The van der Waals surface area contributed by atoms with Crippen molar-refractivity contribution in [1.29, 1.82) is 0 Å². The minimum absolute atomic E-state index is 0.617. The highest BCUT2D eigenvalue weighted by Crippen LogP contribution is 2.14. The lowest BCUT2D eigenvalue weighted by atomic mass is 10.1. The van der Waals surface area contributed by atoms with Crippen LogP contribution in [-0.2, 0) is 6.54 Å². The molecule has 2 unspecified atom stereocenters. The molecule has 1 N–H and O–H groups in total. The highest BCUT2D eigenvalue weighted by molar-refractivity contribution is 5.14. The van der Waals surface area contributed by atoms with E-state index in [-0.39, 0.29) is 0 Å². The van der Waals surface area contributed by atoms with Crippen molar-refractivity contribution in [2.24, 2.45) is 0 Å². The lowest BCUT2D eigenvalue weighted by Crippen LogP contribution is -2.54. The molecule has 0 spiro atoms. The van der Waals surface area contributed by atoms with Crippen molar-refractivity contribution in [3.63, 3.8) is 0 Å². The van der Waals surface area contributed by atoms with Crippen molar-refractivity contribution >= 4 is 0 Å². The van der Waals surface area contributed by atoms with E-state index in [0.717, 1.165) is 19.6 Å². The van der Waals surface area contributed by atoms with Crippen LogP contribution >= 0.6 is 0 Å². The molecule has 2 heteroatoms. The normalized spacial score (nSPS) is 26.9. The van der Waals surface area contributed by atoms with Gasteiger partial charge < -0.3 is 5.32 Å². The minimum Gasteiger partial charge on any atom is -0.311 e. The van der Waals surface area contributed by atoms with Crippen molar-refractivity contribution in [1.82, 2.24) is 10.2 Å². The highest BCUT2D eigenvalue weighted by Gasteiger charge is 2.23. The molecule has 1 heterocycles. The van der Waals surface area contributed by atoms with Gasteiger partial charge in [0.25, 0.3) is 0 Å². The number of rotatable bonds is 3. The Hall–Kier alpha value is -0.860. The van der Waals surface area contributed by atoms with Gasteiger partial charge in [-0.25, -0.2) is 0 Å². The first-order valence-corrected chi connectivity index (χ1v) is 6.31. The molecule has 0 radical (unpaired) electrons. The molecule has 0 amide bonds. The zero-order valence-corrected chi connectivity index (χ0v) is 10.3. The average Bonchev–Trinajstić information content (AvgIpc) is 2.31. The SMILES string of the molecule is CCC1CNC(C)CN1Cc1ccccc1. The maximum atomic E-state index is 3.56. The van der Waals surface area contributed by atoms with E-state index in [9.17, 15) is 0 Å². The van der Waals surface area contributed by atoms with E-state index in [1.807, 2.05) is 0 Å². The number of piperazine rings is 1. The second-order valence-corrected chi connectivity index (χ2v) is 4.79. The Morgan fingerprint density at radius 3 is 2.75 bits per heavy atom. The van der Waals surface area contributed by atoms with Crippen molar-refractivity contribution in [3.05, 3.63) is 35.9 Å². The van der Waals surface area contributed by atoms with Crippen LogP contribution in [0.1, 0.15) is 25.8 Å². The van der Waals surface area contributed by atoms with Crippen molar-refractivity contribution in [3.8, 4) is 0 Å².